The molecule has 2 aromatic carbocycles. The Kier molecular flexibility index (Phi) is 3.11. The van der Waals surface area contributed by atoms with Gasteiger partial charge in [0.2, 0.25) is 0 Å². The molecule has 0 amide bonds. The summed E-state index contributed by atoms with van der Waals surface area (Å²) < 4.78 is 11.4. The zero-order valence-corrected chi connectivity index (χ0v) is 10.6. The van der Waals surface area contributed by atoms with Gasteiger partial charge in [0.25, 0.3) is 0 Å². The largest absolute Gasteiger partial charge is 0.493 e. The standard InChI is InChI=1S/C15H13ClO2/c16-13-8-11-6-7-17-15(11)12(9-13)10-18-14-4-2-1-3-5-14/h1-5,8-9H,6-7,10H2. The maximum Gasteiger partial charge on any atom is 0.129 e. The minimum absolute atomic E-state index is 0.479. The van der Waals surface area contributed by atoms with Gasteiger partial charge >= 0.3 is 0 Å². The Morgan fingerprint density at radius 1 is 1.17 bits per heavy atom. The molecule has 18 heavy (non-hydrogen) atoms. The molecule has 3 heteroatoms. The smallest absolute Gasteiger partial charge is 0.129 e. The Bertz CT molecular complexity index is 552. The first-order valence-electron chi connectivity index (χ1n) is 5.95. The molecule has 0 N–H and O–H groups in total. The summed E-state index contributed by atoms with van der Waals surface area (Å²) in [5.74, 6) is 1.79. The maximum absolute atomic E-state index is 6.10. The van der Waals surface area contributed by atoms with Gasteiger partial charge in [-0.3, -0.25) is 0 Å². The van der Waals surface area contributed by atoms with Gasteiger partial charge in [0.1, 0.15) is 18.1 Å². The number of halogens is 1. The third-order valence-corrected chi connectivity index (χ3v) is 3.18. The summed E-state index contributed by atoms with van der Waals surface area (Å²) in [6.45, 7) is 1.21. The van der Waals surface area contributed by atoms with Crippen molar-refractivity contribution in [3.63, 3.8) is 0 Å². The number of fused-ring (bicyclic) bond motifs is 1. The second-order valence-electron chi connectivity index (χ2n) is 4.25. The van der Waals surface area contributed by atoms with E-state index in [1.165, 1.54) is 5.56 Å². The summed E-state index contributed by atoms with van der Waals surface area (Å²) in [5, 5.41) is 0.742. The fraction of sp³-hybridized carbons (Fsp3) is 0.200. The molecule has 0 aliphatic carbocycles. The molecule has 0 fully saturated rings. The topological polar surface area (TPSA) is 18.5 Å². The van der Waals surface area contributed by atoms with Crippen LogP contribution in [0.3, 0.4) is 0 Å². The number of benzene rings is 2. The van der Waals surface area contributed by atoms with Crippen molar-refractivity contribution in [1.82, 2.24) is 0 Å². The molecule has 92 valence electrons. The van der Waals surface area contributed by atoms with E-state index in [-0.39, 0.29) is 0 Å². The van der Waals surface area contributed by atoms with Gasteiger partial charge in [0.05, 0.1) is 6.61 Å². The molecule has 2 aromatic rings. The molecule has 2 nitrogen and oxygen atoms in total. The summed E-state index contributed by atoms with van der Waals surface area (Å²) in [7, 11) is 0. The van der Waals surface area contributed by atoms with E-state index in [0.29, 0.717) is 6.61 Å². The van der Waals surface area contributed by atoms with Crippen molar-refractivity contribution in [2.45, 2.75) is 13.0 Å². The van der Waals surface area contributed by atoms with Gasteiger partial charge in [0.15, 0.2) is 0 Å². The number of rotatable bonds is 3. The zero-order valence-electron chi connectivity index (χ0n) is 9.86. The van der Waals surface area contributed by atoms with Crippen molar-refractivity contribution < 1.29 is 9.47 Å². The Labute approximate surface area is 111 Å². The highest BCUT2D eigenvalue weighted by Crippen LogP contribution is 2.33. The average Bonchev–Trinajstić information content (AvgIpc) is 2.85. The normalized spacial score (nSPS) is 12.9. The highest BCUT2D eigenvalue weighted by molar-refractivity contribution is 6.30. The molecule has 1 aliphatic rings. The van der Waals surface area contributed by atoms with Gasteiger partial charge in [-0.05, 0) is 29.8 Å². The summed E-state index contributed by atoms with van der Waals surface area (Å²) in [4.78, 5) is 0. The summed E-state index contributed by atoms with van der Waals surface area (Å²) in [6, 6.07) is 13.6. The van der Waals surface area contributed by atoms with Crippen LogP contribution in [0.1, 0.15) is 11.1 Å². The molecule has 0 saturated heterocycles. The van der Waals surface area contributed by atoms with Crippen molar-refractivity contribution in [3.8, 4) is 11.5 Å². The number of ether oxygens (including phenoxy) is 2. The van der Waals surface area contributed by atoms with E-state index in [1.807, 2.05) is 42.5 Å². The van der Waals surface area contributed by atoms with Gasteiger partial charge in [-0.15, -0.1) is 0 Å². The molecule has 3 rings (SSSR count). The molecule has 0 bridgehead atoms. The van der Waals surface area contributed by atoms with Gasteiger partial charge < -0.3 is 9.47 Å². The van der Waals surface area contributed by atoms with E-state index in [9.17, 15) is 0 Å². The van der Waals surface area contributed by atoms with E-state index < -0.39 is 0 Å². The highest BCUT2D eigenvalue weighted by atomic mass is 35.5. The number of hydrogen-bond donors (Lipinski definition) is 0. The molecular weight excluding hydrogens is 248 g/mol. The lowest BCUT2D eigenvalue weighted by Gasteiger charge is -2.10. The molecule has 0 spiro atoms. The second-order valence-corrected chi connectivity index (χ2v) is 4.69. The predicted molar refractivity (Wildman–Crippen MR) is 71.4 cm³/mol. The fourth-order valence-corrected chi connectivity index (χ4v) is 2.39. The molecule has 0 radical (unpaired) electrons. The Hall–Kier alpha value is -1.67. The Morgan fingerprint density at radius 3 is 2.83 bits per heavy atom. The van der Waals surface area contributed by atoms with Crippen LogP contribution < -0.4 is 9.47 Å². The van der Waals surface area contributed by atoms with Crippen LogP contribution in [0.15, 0.2) is 42.5 Å². The van der Waals surface area contributed by atoms with Crippen LogP contribution >= 0.6 is 11.6 Å². The fourth-order valence-electron chi connectivity index (χ4n) is 2.13. The predicted octanol–water partition coefficient (Wildman–Crippen LogP) is 3.85. The molecule has 1 heterocycles. The highest BCUT2D eigenvalue weighted by Gasteiger charge is 2.17. The number of para-hydroxylation sites is 1. The second kappa shape index (κ2) is 4.91. The van der Waals surface area contributed by atoms with Crippen molar-refractivity contribution >= 4 is 11.6 Å². The lowest BCUT2D eigenvalue weighted by Crippen LogP contribution is -1.98. The molecular formula is C15H13ClO2. The Morgan fingerprint density at radius 2 is 2.00 bits per heavy atom. The molecule has 1 aliphatic heterocycles. The third-order valence-electron chi connectivity index (χ3n) is 2.96. The van der Waals surface area contributed by atoms with E-state index in [1.54, 1.807) is 0 Å². The van der Waals surface area contributed by atoms with E-state index in [4.69, 9.17) is 21.1 Å². The third kappa shape index (κ3) is 2.29. The average molecular weight is 261 g/mol. The first kappa shape index (κ1) is 11.4. The molecule has 0 aromatic heterocycles. The lowest BCUT2D eigenvalue weighted by atomic mass is 10.1. The van der Waals surface area contributed by atoms with Crippen LogP contribution in [-0.4, -0.2) is 6.61 Å². The van der Waals surface area contributed by atoms with Gasteiger partial charge in [-0.1, -0.05) is 29.8 Å². The first-order chi connectivity index (χ1) is 8.83. The zero-order chi connectivity index (χ0) is 12.4. The summed E-state index contributed by atoms with van der Waals surface area (Å²) in [5.41, 5.74) is 2.19. The van der Waals surface area contributed by atoms with Crippen molar-refractivity contribution in [1.29, 1.82) is 0 Å². The van der Waals surface area contributed by atoms with Crippen LogP contribution in [0.25, 0.3) is 0 Å². The number of hydrogen-bond acceptors (Lipinski definition) is 2. The summed E-state index contributed by atoms with van der Waals surface area (Å²) >= 11 is 6.10. The minimum atomic E-state index is 0.479. The maximum atomic E-state index is 6.10. The first-order valence-corrected chi connectivity index (χ1v) is 6.33. The SMILES string of the molecule is Clc1cc2c(c(COc3ccccc3)c1)OCC2. The van der Waals surface area contributed by atoms with Crippen LogP contribution in [0.2, 0.25) is 5.02 Å². The lowest BCUT2D eigenvalue weighted by molar-refractivity contribution is 0.292. The van der Waals surface area contributed by atoms with E-state index in [2.05, 4.69) is 0 Å². The quantitative estimate of drug-likeness (QED) is 0.834. The monoisotopic (exact) mass is 260 g/mol. The van der Waals surface area contributed by atoms with Crippen LogP contribution in [-0.2, 0) is 13.0 Å². The van der Waals surface area contributed by atoms with Crippen molar-refractivity contribution in [3.05, 3.63) is 58.6 Å². The summed E-state index contributed by atoms with van der Waals surface area (Å²) in [6.07, 6.45) is 0.925. The van der Waals surface area contributed by atoms with Crippen LogP contribution in [0, 0.1) is 0 Å². The van der Waals surface area contributed by atoms with Crippen molar-refractivity contribution in [2.75, 3.05) is 6.61 Å². The minimum Gasteiger partial charge on any atom is -0.493 e. The van der Waals surface area contributed by atoms with Crippen LogP contribution in [0.4, 0.5) is 0 Å². The van der Waals surface area contributed by atoms with Crippen molar-refractivity contribution in [2.24, 2.45) is 0 Å². The molecule has 0 atom stereocenters. The van der Waals surface area contributed by atoms with Gasteiger partial charge in [0, 0.05) is 17.0 Å². The van der Waals surface area contributed by atoms with Gasteiger partial charge in [-0.2, -0.15) is 0 Å². The van der Waals surface area contributed by atoms with Gasteiger partial charge in [-0.25, -0.2) is 0 Å². The molecule has 0 unspecified atom stereocenters. The van der Waals surface area contributed by atoms with Crippen LogP contribution in [0.5, 0.6) is 11.5 Å². The van der Waals surface area contributed by atoms with E-state index in [0.717, 1.165) is 35.1 Å². The molecule has 0 saturated carbocycles. The Balaban J connectivity index is 1.81. The van der Waals surface area contributed by atoms with E-state index >= 15 is 0 Å².